The van der Waals surface area contributed by atoms with Gasteiger partial charge in [0, 0.05) is 23.2 Å². The van der Waals surface area contributed by atoms with Crippen molar-refractivity contribution in [3.63, 3.8) is 0 Å². The Morgan fingerprint density at radius 2 is 0.980 bits per heavy atom. The van der Waals surface area contributed by atoms with Crippen LogP contribution in [0.15, 0.2) is 48.5 Å². The molecule has 4 N–H and O–H groups in total. The first-order valence-electron chi connectivity index (χ1n) is 17.6. The summed E-state index contributed by atoms with van der Waals surface area (Å²) in [5.74, 6) is 1.15. The fraction of sp³-hybridized carbons (Fsp3) is 0.590. The predicted octanol–water partition coefficient (Wildman–Crippen LogP) is 6.75. The minimum absolute atomic E-state index is 0.0634. The molecule has 0 heterocycles. The third kappa shape index (κ3) is 11.1. The van der Waals surface area contributed by atoms with Crippen LogP contribution in [0.25, 0.3) is 0 Å². The van der Waals surface area contributed by atoms with Crippen molar-refractivity contribution < 1.29 is 38.9 Å². The maximum Gasteiger partial charge on any atom is 0.407 e. The van der Waals surface area contributed by atoms with Gasteiger partial charge in [0.25, 0.3) is 0 Å². The molecule has 2 aliphatic rings. The average Bonchev–Trinajstić information content (AvgIpc) is 3.04. The minimum Gasteiger partial charge on any atom is -0.445 e. The van der Waals surface area contributed by atoms with Crippen LogP contribution in [0.5, 0.6) is 0 Å². The Morgan fingerprint density at radius 1 is 0.633 bits per heavy atom. The molecule has 0 saturated heterocycles. The number of hydrogen-bond acceptors (Lipinski definition) is 8. The van der Waals surface area contributed by atoms with Crippen molar-refractivity contribution in [2.24, 2.45) is 23.7 Å². The van der Waals surface area contributed by atoms with Crippen LogP contribution < -0.4 is 10.6 Å². The van der Waals surface area contributed by atoms with Crippen LogP contribution in [0.1, 0.15) is 118 Å². The van der Waals surface area contributed by atoms with Crippen molar-refractivity contribution in [1.29, 1.82) is 0 Å². The van der Waals surface area contributed by atoms with Gasteiger partial charge in [0.05, 0.1) is 0 Å². The first kappa shape index (κ1) is 38.0. The number of carbonyl (C=O) groups excluding carboxylic acids is 4. The van der Waals surface area contributed by atoms with E-state index in [1.165, 1.54) is 27.7 Å². The van der Waals surface area contributed by atoms with Crippen LogP contribution in [-0.4, -0.2) is 57.3 Å². The molecule has 268 valence electrons. The molecule has 0 spiro atoms. The molecule has 6 atom stereocenters. The van der Waals surface area contributed by atoms with Gasteiger partial charge in [0.2, 0.25) is 0 Å². The van der Waals surface area contributed by atoms with Crippen LogP contribution in [0.2, 0.25) is 0 Å². The Kier molecular flexibility index (Phi) is 12.7. The SMILES string of the molecule is CC1CC(CC2CCC(NC(=O)OCc3ccc(C(=O)C(C)(C)O)cc3)C(C)C2)CCC1NC(=O)OCc1ccc(C(=O)C(C)(C)O)cc1. The van der Waals surface area contributed by atoms with Crippen molar-refractivity contribution in [3.05, 3.63) is 70.8 Å². The second-order valence-electron chi connectivity index (χ2n) is 15.4. The summed E-state index contributed by atoms with van der Waals surface area (Å²) < 4.78 is 10.9. The number of aliphatic hydroxyl groups is 2. The Bertz CT molecular complexity index is 1330. The molecule has 2 aliphatic carbocycles. The molecular formula is C39H54N2O8. The maximum atomic E-state index is 12.6. The lowest BCUT2D eigenvalue weighted by molar-refractivity contribution is 0.0487. The van der Waals surface area contributed by atoms with Crippen LogP contribution in [0, 0.1) is 23.7 Å². The van der Waals surface area contributed by atoms with Gasteiger partial charge in [0.15, 0.2) is 11.6 Å². The Labute approximate surface area is 290 Å². The number of nitrogens with one attached hydrogen (secondary N) is 2. The van der Waals surface area contributed by atoms with E-state index in [9.17, 15) is 29.4 Å². The Hall–Kier alpha value is -3.76. The fourth-order valence-corrected chi connectivity index (χ4v) is 7.24. The summed E-state index contributed by atoms with van der Waals surface area (Å²) >= 11 is 0. The maximum absolute atomic E-state index is 12.6. The second kappa shape index (κ2) is 16.3. The molecule has 0 bridgehead atoms. The smallest absolute Gasteiger partial charge is 0.407 e. The van der Waals surface area contributed by atoms with Gasteiger partial charge < -0.3 is 30.3 Å². The lowest BCUT2D eigenvalue weighted by Gasteiger charge is -2.39. The largest absolute Gasteiger partial charge is 0.445 e. The number of alkyl carbamates (subject to hydrolysis) is 2. The Morgan fingerprint density at radius 3 is 1.29 bits per heavy atom. The monoisotopic (exact) mass is 678 g/mol. The van der Waals surface area contributed by atoms with E-state index in [2.05, 4.69) is 24.5 Å². The highest BCUT2D eigenvalue weighted by Gasteiger charge is 2.34. The molecule has 10 nitrogen and oxygen atoms in total. The van der Waals surface area contributed by atoms with E-state index in [0.717, 1.165) is 56.1 Å². The standard InChI is InChI=1S/C39H54N2O8/c1-24-19-28(11-17-32(24)40-36(44)48-22-26-7-13-30(14-8-26)34(42)38(3,4)46)21-29-12-18-33(25(2)20-29)41-37(45)49-23-27-9-15-31(16-10-27)35(43)39(5,6)47/h7-10,13-16,24-25,28-29,32-33,46-47H,11-12,17-23H2,1-6H3,(H,40,44)(H,41,45). The molecule has 2 aromatic rings. The van der Waals surface area contributed by atoms with Crippen LogP contribution >= 0.6 is 0 Å². The summed E-state index contributed by atoms with van der Waals surface area (Å²) in [7, 11) is 0. The van der Waals surface area contributed by atoms with E-state index < -0.39 is 23.4 Å². The zero-order valence-electron chi connectivity index (χ0n) is 29.8. The number of Topliss-reactive ketones (excluding diaryl/α,β-unsaturated/α-hetero) is 2. The molecule has 6 unspecified atom stereocenters. The Balaban J connectivity index is 1.13. The first-order valence-corrected chi connectivity index (χ1v) is 17.6. The number of rotatable bonds is 12. The summed E-state index contributed by atoms with van der Waals surface area (Å²) in [5, 5.41) is 26.0. The van der Waals surface area contributed by atoms with Crippen molar-refractivity contribution in [2.75, 3.05) is 0 Å². The van der Waals surface area contributed by atoms with Crippen molar-refractivity contribution >= 4 is 23.8 Å². The normalized spacial score (nSPS) is 24.4. The summed E-state index contributed by atoms with van der Waals surface area (Å²) in [5.41, 5.74) is -0.537. The van der Waals surface area contributed by atoms with E-state index in [0.29, 0.717) is 34.8 Å². The third-order valence-corrected chi connectivity index (χ3v) is 10.1. The molecule has 0 aliphatic heterocycles. The average molecular weight is 679 g/mol. The molecule has 2 fully saturated rings. The molecular weight excluding hydrogens is 624 g/mol. The van der Waals surface area contributed by atoms with E-state index in [1.807, 2.05) is 0 Å². The number of amides is 2. The lowest BCUT2D eigenvalue weighted by Crippen LogP contribution is -2.44. The van der Waals surface area contributed by atoms with E-state index in [-0.39, 0.29) is 36.9 Å². The highest BCUT2D eigenvalue weighted by Crippen LogP contribution is 2.39. The minimum atomic E-state index is -1.44. The number of carbonyl (C=O) groups is 4. The van der Waals surface area contributed by atoms with Gasteiger partial charge in [-0.2, -0.15) is 0 Å². The number of ketones is 2. The van der Waals surface area contributed by atoms with Crippen LogP contribution in [0.4, 0.5) is 9.59 Å². The topological polar surface area (TPSA) is 151 Å². The van der Waals surface area contributed by atoms with Gasteiger partial charge in [-0.25, -0.2) is 9.59 Å². The third-order valence-electron chi connectivity index (χ3n) is 10.1. The van der Waals surface area contributed by atoms with Gasteiger partial charge >= 0.3 is 12.2 Å². The van der Waals surface area contributed by atoms with Gasteiger partial charge in [-0.05, 0) is 107 Å². The molecule has 49 heavy (non-hydrogen) atoms. The van der Waals surface area contributed by atoms with Crippen molar-refractivity contribution in [2.45, 2.75) is 123 Å². The summed E-state index contributed by atoms with van der Waals surface area (Å²) in [4.78, 5) is 49.6. The highest BCUT2D eigenvalue weighted by molar-refractivity contribution is 6.02. The molecule has 2 amide bonds. The fourth-order valence-electron chi connectivity index (χ4n) is 7.24. The molecule has 2 saturated carbocycles. The molecule has 0 radical (unpaired) electrons. The van der Waals surface area contributed by atoms with Crippen LogP contribution in [-0.2, 0) is 22.7 Å². The van der Waals surface area contributed by atoms with E-state index >= 15 is 0 Å². The quantitative estimate of drug-likeness (QED) is 0.180. The number of hydrogen-bond donors (Lipinski definition) is 4. The van der Waals surface area contributed by atoms with Gasteiger partial charge in [0.1, 0.15) is 24.4 Å². The van der Waals surface area contributed by atoms with Gasteiger partial charge in [-0.1, -0.05) is 62.4 Å². The van der Waals surface area contributed by atoms with Crippen molar-refractivity contribution in [1.82, 2.24) is 10.6 Å². The summed E-state index contributed by atoms with van der Waals surface area (Å²) in [6.07, 6.45) is 6.29. The zero-order valence-corrected chi connectivity index (χ0v) is 29.8. The molecule has 4 rings (SSSR count). The molecule has 10 heteroatoms. The summed E-state index contributed by atoms with van der Waals surface area (Å²) in [6, 6.07) is 13.6. The predicted molar refractivity (Wildman–Crippen MR) is 186 cm³/mol. The van der Waals surface area contributed by atoms with E-state index in [4.69, 9.17) is 9.47 Å². The second-order valence-corrected chi connectivity index (χ2v) is 15.4. The van der Waals surface area contributed by atoms with Gasteiger partial charge in [-0.3, -0.25) is 9.59 Å². The van der Waals surface area contributed by atoms with Crippen LogP contribution in [0.3, 0.4) is 0 Å². The first-order chi connectivity index (χ1) is 23.0. The lowest BCUT2D eigenvalue weighted by atomic mass is 9.70. The molecule has 0 aromatic heterocycles. The summed E-state index contributed by atoms with van der Waals surface area (Å²) in [6.45, 7) is 10.4. The van der Waals surface area contributed by atoms with Gasteiger partial charge in [-0.15, -0.1) is 0 Å². The number of ether oxygens (including phenoxy) is 2. The zero-order chi connectivity index (χ0) is 35.9. The van der Waals surface area contributed by atoms with E-state index in [1.54, 1.807) is 48.5 Å². The number of benzene rings is 2. The molecule has 2 aromatic carbocycles. The van der Waals surface area contributed by atoms with Crippen molar-refractivity contribution in [3.8, 4) is 0 Å². The highest BCUT2D eigenvalue weighted by atomic mass is 16.6.